The molecule has 2 aromatic rings. The highest BCUT2D eigenvalue weighted by Crippen LogP contribution is 2.34. The Bertz CT molecular complexity index is 628. The fraction of sp³-hybridized carbons (Fsp3) is 0.267. The van der Waals surface area contributed by atoms with Gasteiger partial charge in [0.25, 0.3) is 0 Å². The van der Waals surface area contributed by atoms with Crippen LogP contribution in [0.1, 0.15) is 43.6 Å². The van der Waals surface area contributed by atoms with Gasteiger partial charge in [-0.2, -0.15) is 0 Å². The van der Waals surface area contributed by atoms with E-state index in [0.29, 0.717) is 11.1 Å². The van der Waals surface area contributed by atoms with Crippen molar-refractivity contribution in [3.8, 4) is 0 Å². The zero-order chi connectivity index (χ0) is 14.2. The highest BCUT2D eigenvalue weighted by atomic mass is 32.1. The zero-order valence-electron chi connectivity index (χ0n) is 11.1. The van der Waals surface area contributed by atoms with Crippen molar-refractivity contribution in [3.05, 3.63) is 56.3 Å². The van der Waals surface area contributed by atoms with Crippen molar-refractivity contribution in [2.24, 2.45) is 0 Å². The minimum atomic E-state index is -0.996. The molecule has 1 heterocycles. The summed E-state index contributed by atoms with van der Waals surface area (Å²) in [6, 6.07) is 5.55. The van der Waals surface area contributed by atoms with Crippen LogP contribution in [-0.2, 0) is 0 Å². The summed E-state index contributed by atoms with van der Waals surface area (Å²) in [5.74, 6) is -0.996. The van der Waals surface area contributed by atoms with Gasteiger partial charge in [0.15, 0.2) is 0 Å². The third-order valence-corrected chi connectivity index (χ3v) is 4.38. The van der Waals surface area contributed by atoms with Gasteiger partial charge in [0.05, 0.1) is 5.56 Å². The first kappa shape index (κ1) is 13.8. The molecule has 0 spiro atoms. The fourth-order valence-electron chi connectivity index (χ4n) is 2.26. The Hall–Kier alpha value is -1.65. The van der Waals surface area contributed by atoms with Gasteiger partial charge in [0.2, 0.25) is 0 Å². The second-order valence-corrected chi connectivity index (χ2v) is 5.61. The average molecular weight is 276 g/mol. The molecule has 0 amide bonds. The van der Waals surface area contributed by atoms with Gasteiger partial charge in [0.1, 0.15) is 6.10 Å². The van der Waals surface area contributed by atoms with Crippen LogP contribution in [0, 0.1) is 20.8 Å². The van der Waals surface area contributed by atoms with E-state index < -0.39 is 12.1 Å². The molecule has 1 aromatic heterocycles. The van der Waals surface area contributed by atoms with Crippen molar-refractivity contribution in [3.63, 3.8) is 0 Å². The predicted octanol–water partition coefficient (Wildman–Crippen LogP) is 3.45. The smallest absolute Gasteiger partial charge is 0.336 e. The highest BCUT2D eigenvalue weighted by molar-refractivity contribution is 7.10. The SMILES string of the molecule is Cc1ccsc1C(O)c1c(C)ccc(C)c1C(=O)O. The molecule has 0 aliphatic carbocycles. The molecule has 0 aliphatic heterocycles. The summed E-state index contributed by atoms with van der Waals surface area (Å²) in [6.45, 7) is 5.49. The van der Waals surface area contributed by atoms with Crippen LogP contribution in [0.25, 0.3) is 0 Å². The maximum Gasteiger partial charge on any atom is 0.336 e. The summed E-state index contributed by atoms with van der Waals surface area (Å²) < 4.78 is 0. The summed E-state index contributed by atoms with van der Waals surface area (Å²) >= 11 is 1.44. The van der Waals surface area contributed by atoms with Gasteiger partial charge in [0, 0.05) is 10.4 Å². The van der Waals surface area contributed by atoms with Crippen molar-refractivity contribution in [2.75, 3.05) is 0 Å². The molecule has 4 heteroatoms. The van der Waals surface area contributed by atoms with E-state index in [4.69, 9.17) is 0 Å². The largest absolute Gasteiger partial charge is 0.478 e. The van der Waals surface area contributed by atoms with Crippen LogP contribution in [0.3, 0.4) is 0 Å². The topological polar surface area (TPSA) is 57.5 Å². The number of benzene rings is 1. The van der Waals surface area contributed by atoms with E-state index in [2.05, 4.69) is 0 Å². The molecule has 100 valence electrons. The van der Waals surface area contributed by atoms with Crippen LogP contribution in [0.2, 0.25) is 0 Å². The normalized spacial score (nSPS) is 12.4. The van der Waals surface area contributed by atoms with E-state index >= 15 is 0 Å². The highest BCUT2D eigenvalue weighted by Gasteiger charge is 2.24. The minimum Gasteiger partial charge on any atom is -0.478 e. The minimum absolute atomic E-state index is 0.209. The Balaban J connectivity index is 2.65. The van der Waals surface area contributed by atoms with Crippen molar-refractivity contribution in [1.29, 1.82) is 0 Å². The molecule has 3 nitrogen and oxygen atoms in total. The lowest BCUT2D eigenvalue weighted by atomic mass is 9.92. The number of carbonyl (C=O) groups is 1. The summed E-state index contributed by atoms with van der Waals surface area (Å²) in [7, 11) is 0. The summed E-state index contributed by atoms with van der Waals surface area (Å²) in [4.78, 5) is 12.2. The van der Waals surface area contributed by atoms with Crippen LogP contribution in [0.15, 0.2) is 23.6 Å². The fourth-order valence-corrected chi connectivity index (χ4v) is 3.18. The van der Waals surface area contributed by atoms with Crippen molar-refractivity contribution in [1.82, 2.24) is 0 Å². The number of thiophene rings is 1. The van der Waals surface area contributed by atoms with Gasteiger partial charge in [-0.3, -0.25) is 0 Å². The standard InChI is InChI=1S/C15H16O3S/c1-8-4-5-9(2)12(15(17)18)11(8)13(16)14-10(3)6-7-19-14/h4-7,13,16H,1-3H3,(H,17,18). The second-order valence-electron chi connectivity index (χ2n) is 4.66. The number of rotatable bonds is 3. The molecule has 19 heavy (non-hydrogen) atoms. The average Bonchev–Trinajstić information content (AvgIpc) is 2.76. The Morgan fingerprint density at radius 3 is 2.26 bits per heavy atom. The Labute approximate surface area is 116 Å². The molecule has 1 atom stereocenters. The lowest BCUT2D eigenvalue weighted by Crippen LogP contribution is -2.12. The van der Waals surface area contributed by atoms with E-state index in [9.17, 15) is 15.0 Å². The monoisotopic (exact) mass is 276 g/mol. The molecular weight excluding hydrogens is 260 g/mol. The van der Waals surface area contributed by atoms with E-state index in [-0.39, 0.29) is 5.56 Å². The molecule has 0 saturated heterocycles. The Morgan fingerprint density at radius 2 is 1.74 bits per heavy atom. The van der Waals surface area contributed by atoms with Crippen LogP contribution in [-0.4, -0.2) is 16.2 Å². The molecule has 0 aliphatic rings. The molecule has 1 aromatic carbocycles. The third kappa shape index (κ3) is 2.41. The zero-order valence-corrected chi connectivity index (χ0v) is 11.9. The first-order valence-electron chi connectivity index (χ1n) is 5.99. The van der Waals surface area contributed by atoms with E-state index in [1.807, 2.05) is 31.4 Å². The molecule has 0 saturated carbocycles. The van der Waals surface area contributed by atoms with E-state index in [0.717, 1.165) is 16.0 Å². The van der Waals surface area contributed by atoms with E-state index in [1.165, 1.54) is 11.3 Å². The van der Waals surface area contributed by atoms with Gasteiger partial charge in [-0.05, 0) is 48.9 Å². The molecule has 2 rings (SSSR count). The molecule has 0 radical (unpaired) electrons. The Morgan fingerprint density at radius 1 is 1.11 bits per heavy atom. The first-order valence-corrected chi connectivity index (χ1v) is 6.87. The van der Waals surface area contributed by atoms with Crippen molar-refractivity contribution >= 4 is 17.3 Å². The predicted molar refractivity (Wildman–Crippen MR) is 76.0 cm³/mol. The Kier molecular flexibility index (Phi) is 3.73. The van der Waals surface area contributed by atoms with Gasteiger partial charge < -0.3 is 10.2 Å². The van der Waals surface area contributed by atoms with E-state index in [1.54, 1.807) is 13.0 Å². The molecule has 0 fully saturated rings. The summed E-state index contributed by atoms with van der Waals surface area (Å²) in [6.07, 6.45) is -0.883. The number of hydrogen-bond acceptors (Lipinski definition) is 3. The maximum atomic E-state index is 11.4. The summed E-state index contributed by atoms with van der Waals surface area (Å²) in [5, 5.41) is 21.8. The molecule has 2 N–H and O–H groups in total. The number of hydrogen-bond donors (Lipinski definition) is 2. The maximum absolute atomic E-state index is 11.4. The first-order chi connectivity index (χ1) is 8.93. The lowest BCUT2D eigenvalue weighted by Gasteiger charge is -2.18. The van der Waals surface area contributed by atoms with Crippen molar-refractivity contribution < 1.29 is 15.0 Å². The molecule has 1 unspecified atom stereocenters. The summed E-state index contributed by atoms with van der Waals surface area (Å²) in [5.41, 5.74) is 3.15. The quantitative estimate of drug-likeness (QED) is 0.902. The van der Waals surface area contributed by atoms with Gasteiger partial charge in [-0.25, -0.2) is 4.79 Å². The van der Waals surface area contributed by atoms with Crippen molar-refractivity contribution in [2.45, 2.75) is 26.9 Å². The number of aromatic carboxylic acids is 1. The molecule has 0 bridgehead atoms. The van der Waals surface area contributed by atoms with Crippen LogP contribution >= 0.6 is 11.3 Å². The lowest BCUT2D eigenvalue weighted by molar-refractivity contribution is 0.0690. The van der Waals surface area contributed by atoms with Crippen LogP contribution in [0.4, 0.5) is 0 Å². The number of carboxylic acid groups (broad SMARTS) is 1. The van der Waals surface area contributed by atoms with Crippen LogP contribution < -0.4 is 0 Å². The van der Waals surface area contributed by atoms with Gasteiger partial charge >= 0.3 is 5.97 Å². The third-order valence-electron chi connectivity index (χ3n) is 3.31. The number of aliphatic hydroxyl groups excluding tert-OH is 1. The number of aryl methyl sites for hydroxylation is 3. The number of carboxylic acids is 1. The van der Waals surface area contributed by atoms with Crippen LogP contribution in [0.5, 0.6) is 0 Å². The number of aliphatic hydroxyl groups is 1. The van der Waals surface area contributed by atoms with Gasteiger partial charge in [-0.15, -0.1) is 11.3 Å². The second kappa shape index (κ2) is 5.15. The van der Waals surface area contributed by atoms with Gasteiger partial charge in [-0.1, -0.05) is 12.1 Å². The molecular formula is C15H16O3S.